The number of nitrogens with zero attached hydrogens (tertiary/aromatic N) is 1. The Labute approximate surface area is 178 Å². The molecule has 2 aliphatic rings. The van der Waals surface area contributed by atoms with E-state index in [9.17, 15) is 19.2 Å². The zero-order chi connectivity index (χ0) is 21.2. The van der Waals surface area contributed by atoms with Crippen molar-refractivity contribution in [1.82, 2.24) is 20.9 Å². The Morgan fingerprint density at radius 1 is 1.21 bits per heavy atom. The number of rotatable bonds is 4. The van der Waals surface area contributed by atoms with Crippen LogP contribution in [0.25, 0.3) is 0 Å². The van der Waals surface area contributed by atoms with Crippen LogP contribution in [0.2, 0.25) is 10.0 Å². The zero-order valence-corrected chi connectivity index (χ0v) is 17.4. The topological polar surface area (TPSA) is 108 Å². The first-order chi connectivity index (χ1) is 13.7. The van der Waals surface area contributed by atoms with Gasteiger partial charge in [-0.05, 0) is 31.9 Å². The van der Waals surface area contributed by atoms with Crippen molar-refractivity contribution < 1.29 is 19.2 Å². The lowest BCUT2D eigenvalue weighted by atomic mass is 9.92. The van der Waals surface area contributed by atoms with E-state index in [-0.39, 0.29) is 11.1 Å². The molecule has 29 heavy (non-hydrogen) atoms. The lowest BCUT2D eigenvalue weighted by molar-refractivity contribution is -0.134. The second-order valence-electron chi connectivity index (χ2n) is 7.43. The fourth-order valence-electron chi connectivity index (χ4n) is 3.70. The van der Waals surface area contributed by atoms with Crippen molar-refractivity contribution in [1.29, 1.82) is 0 Å². The highest BCUT2D eigenvalue weighted by molar-refractivity contribution is 6.35. The Hall–Kier alpha value is -2.32. The van der Waals surface area contributed by atoms with Crippen molar-refractivity contribution in [3.05, 3.63) is 33.8 Å². The van der Waals surface area contributed by atoms with Crippen LogP contribution >= 0.6 is 23.2 Å². The monoisotopic (exact) mass is 440 g/mol. The summed E-state index contributed by atoms with van der Waals surface area (Å²) in [6.45, 7) is 0.916. The molecule has 1 atom stereocenters. The van der Waals surface area contributed by atoms with Crippen LogP contribution < -0.4 is 16.0 Å². The third kappa shape index (κ3) is 4.64. The van der Waals surface area contributed by atoms with E-state index in [4.69, 9.17) is 23.2 Å². The molecule has 1 heterocycles. The molecule has 1 saturated carbocycles. The Balaban J connectivity index is 1.63. The van der Waals surface area contributed by atoms with Gasteiger partial charge >= 0.3 is 12.1 Å². The third-order valence-corrected chi connectivity index (χ3v) is 5.79. The van der Waals surface area contributed by atoms with E-state index in [1.165, 1.54) is 13.0 Å². The number of imide groups is 2. The van der Waals surface area contributed by atoms with Crippen LogP contribution in [-0.4, -0.2) is 41.4 Å². The normalized spacial score (nSPS) is 22.4. The van der Waals surface area contributed by atoms with E-state index in [0.29, 0.717) is 10.6 Å². The van der Waals surface area contributed by atoms with Gasteiger partial charge in [0, 0.05) is 21.7 Å². The molecular formula is C19H22Cl2N4O4. The third-order valence-electron chi connectivity index (χ3n) is 5.24. The van der Waals surface area contributed by atoms with Crippen LogP contribution in [-0.2, 0) is 15.1 Å². The van der Waals surface area contributed by atoms with Crippen LogP contribution in [0.3, 0.4) is 0 Å². The molecule has 8 nitrogen and oxygen atoms in total. The summed E-state index contributed by atoms with van der Waals surface area (Å²) in [5.41, 5.74) is -1.08. The number of carbonyl (C=O) groups is 4. The molecule has 1 saturated heterocycles. The number of amides is 6. The Morgan fingerprint density at radius 3 is 2.55 bits per heavy atom. The van der Waals surface area contributed by atoms with Gasteiger partial charge < -0.3 is 10.6 Å². The Kier molecular flexibility index (Phi) is 6.33. The largest absolute Gasteiger partial charge is 0.335 e. The summed E-state index contributed by atoms with van der Waals surface area (Å²) in [4.78, 5) is 50.2. The van der Waals surface area contributed by atoms with Gasteiger partial charge in [0.25, 0.3) is 5.91 Å². The average Bonchev–Trinajstić information content (AvgIpc) is 2.86. The van der Waals surface area contributed by atoms with Gasteiger partial charge in [-0.1, -0.05) is 48.5 Å². The predicted molar refractivity (Wildman–Crippen MR) is 108 cm³/mol. The summed E-state index contributed by atoms with van der Waals surface area (Å²) < 4.78 is 0. The molecule has 1 aromatic carbocycles. The molecule has 10 heteroatoms. The van der Waals surface area contributed by atoms with Gasteiger partial charge in [0.1, 0.15) is 12.1 Å². The SMILES string of the molecule is CC1(c2ccc(Cl)cc2Cl)NC(=O)N(CC(=O)NC(=O)NC2CCCCC2)C1=O. The van der Waals surface area contributed by atoms with E-state index < -0.39 is 36.0 Å². The first-order valence-electron chi connectivity index (χ1n) is 9.40. The number of hydrogen-bond donors (Lipinski definition) is 3. The van der Waals surface area contributed by atoms with Crippen molar-refractivity contribution in [2.75, 3.05) is 6.54 Å². The number of urea groups is 2. The van der Waals surface area contributed by atoms with Crippen LogP contribution in [0.1, 0.15) is 44.6 Å². The number of hydrogen-bond acceptors (Lipinski definition) is 4. The van der Waals surface area contributed by atoms with Crippen LogP contribution in [0, 0.1) is 0 Å². The summed E-state index contributed by atoms with van der Waals surface area (Å²) in [6, 6.07) is 3.23. The van der Waals surface area contributed by atoms with Crippen molar-refractivity contribution in [2.24, 2.45) is 0 Å². The second kappa shape index (κ2) is 8.59. The van der Waals surface area contributed by atoms with Gasteiger partial charge in [0.15, 0.2) is 0 Å². The molecule has 3 N–H and O–H groups in total. The number of carbonyl (C=O) groups excluding carboxylic acids is 4. The molecule has 1 aliphatic carbocycles. The van der Waals surface area contributed by atoms with Crippen LogP contribution in [0.5, 0.6) is 0 Å². The minimum absolute atomic E-state index is 0.0311. The maximum Gasteiger partial charge on any atom is 0.325 e. The zero-order valence-electron chi connectivity index (χ0n) is 15.9. The lowest BCUT2D eigenvalue weighted by Crippen LogP contribution is -2.49. The van der Waals surface area contributed by atoms with Crippen molar-refractivity contribution in [3.8, 4) is 0 Å². The molecule has 0 aromatic heterocycles. The minimum atomic E-state index is -1.44. The quantitative estimate of drug-likeness (QED) is 0.625. The van der Waals surface area contributed by atoms with Gasteiger partial charge in [-0.3, -0.25) is 19.8 Å². The van der Waals surface area contributed by atoms with Gasteiger partial charge in [-0.25, -0.2) is 9.59 Å². The first-order valence-corrected chi connectivity index (χ1v) is 10.2. The molecule has 156 valence electrons. The molecule has 0 bridgehead atoms. The van der Waals surface area contributed by atoms with Crippen LogP contribution in [0.4, 0.5) is 9.59 Å². The van der Waals surface area contributed by atoms with Gasteiger partial charge in [0.2, 0.25) is 5.91 Å². The summed E-state index contributed by atoms with van der Waals surface area (Å²) in [6.07, 6.45) is 4.95. The average molecular weight is 441 g/mol. The molecule has 6 amide bonds. The molecule has 1 aliphatic heterocycles. The summed E-state index contributed by atoms with van der Waals surface area (Å²) in [7, 11) is 0. The van der Waals surface area contributed by atoms with E-state index in [1.54, 1.807) is 12.1 Å². The standard InChI is InChI=1S/C19H22Cl2N4O4/c1-19(13-8-7-11(20)9-14(13)21)16(27)25(18(29)24-19)10-15(26)23-17(28)22-12-5-3-2-4-6-12/h7-9,12H,2-6,10H2,1H3,(H,24,29)(H2,22,23,26,28). The summed E-state index contributed by atoms with van der Waals surface area (Å²) in [5.74, 6) is -1.40. The number of benzene rings is 1. The highest BCUT2D eigenvalue weighted by atomic mass is 35.5. The highest BCUT2D eigenvalue weighted by Crippen LogP contribution is 2.34. The maximum absolute atomic E-state index is 12.9. The van der Waals surface area contributed by atoms with Gasteiger partial charge in [0.05, 0.1) is 0 Å². The van der Waals surface area contributed by atoms with Crippen molar-refractivity contribution in [3.63, 3.8) is 0 Å². The maximum atomic E-state index is 12.9. The van der Waals surface area contributed by atoms with E-state index >= 15 is 0 Å². The van der Waals surface area contributed by atoms with E-state index in [1.807, 2.05) is 0 Å². The van der Waals surface area contributed by atoms with E-state index in [2.05, 4.69) is 16.0 Å². The molecule has 2 fully saturated rings. The van der Waals surface area contributed by atoms with Gasteiger partial charge in [-0.2, -0.15) is 0 Å². The summed E-state index contributed by atoms with van der Waals surface area (Å²) in [5, 5.41) is 8.09. The molecule has 0 spiro atoms. The fraction of sp³-hybridized carbons (Fsp3) is 0.474. The molecule has 1 unspecified atom stereocenters. The number of halogens is 2. The molecule has 1 aromatic rings. The molecular weight excluding hydrogens is 419 g/mol. The van der Waals surface area contributed by atoms with Crippen molar-refractivity contribution in [2.45, 2.75) is 50.6 Å². The highest BCUT2D eigenvalue weighted by Gasteiger charge is 2.50. The number of nitrogens with one attached hydrogen (secondary N) is 3. The second-order valence-corrected chi connectivity index (χ2v) is 8.27. The fourth-order valence-corrected chi connectivity index (χ4v) is 4.29. The van der Waals surface area contributed by atoms with Gasteiger partial charge in [-0.15, -0.1) is 0 Å². The van der Waals surface area contributed by atoms with Crippen molar-refractivity contribution >= 4 is 47.1 Å². The van der Waals surface area contributed by atoms with Crippen LogP contribution in [0.15, 0.2) is 18.2 Å². The summed E-state index contributed by atoms with van der Waals surface area (Å²) >= 11 is 12.1. The lowest BCUT2D eigenvalue weighted by Gasteiger charge is -2.24. The predicted octanol–water partition coefficient (Wildman–Crippen LogP) is 2.92. The minimum Gasteiger partial charge on any atom is -0.335 e. The molecule has 3 rings (SSSR count). The Bertz CT molecular complexity index is 857. The first kappa shape index (κ1) is 21.4. The van der Waals surface area contributed by atoms with E-state index in [0.717, 1.165) is 37.0 Å². The Morgan fingerprint density at radius 2 is 1.90 bits per heavy atom. The molecule has 0 radical (unpaired) electrons. The smallest absolute Gasteiger partial charge is 0.325 e.